The third kappa shape index (κ3) is 17.4. The molecule has 17 nitrogen and oxygen atoms in total. The summed E-state index contributed by atoms with van der Waals surface area (Å²) in [6, 6.07) is 15.9. The number of aryl methyl sites for hydroxylation is 2. The molecular weight excluding hydrogens is 1230 g/mol. The fourth-order valence-corrected chi connectivity index (χ4v) is 12.1. The summed E-state index contributed by atoms with van der Waals surface area (Å²) in [5.41, 5.74) is 3.98. The summed E-state index contributed by atoms with van der Waals surface area (Å²) in [5.74, 6) is -3.60. The molecule has 0 unspecified atom stereocenters. The van der Waals surface area contributed by atoms with Crippen LogP contribution >= 0.6 is 22.6 Å². The van der Waals surface area contributed by atoms with Crippen LogP contribution in [0.3, 0.4) is 0 Å². The van der Waals surface area contributed by atoms with Crippen LogP contribution in [0.4, 0.5) is 22.4 Å². The first kappa shape index (κ1) is 69.2. The van der Waals surface area contributed by atoms with Gasteiger partial charge in [0, 0.05) is 56.4 Å². The Kier molecular flexibility index (Phi) is 22.2. The molecule has 450 valence electrons. The van der Waals surface area contributed by atoms with E-state index in [4.69, 9.17) is 29.5 Å². The molecule has 5 heterocycles. The lowest BCUT2D eigenvalue weighted by Gasteiger charge is -2.39. The van der Waals surface area contributed by atoms with Crippen LogP contribution in [0.5, 0.6) is 0 Å². The SMILES string of the molecule is C.CN1C(N(COCC[Si](C)(C)C)C(=O)OC(C)(C)C)=N[C@](C)(c2cc(B3OC(C)(C)C(C)(C)O3)ccc2F)CS1(=O)=O.Cc1ccc(/C(F)=C/I)nc1.Cc1ccc(/C(F)=C/c2ccc(F)c([C@]3(C)CS(=O)(=O)N(C)C(N)=N3)c2)nc1. The molecule has 26 heteroatoms. The number of rotatable bonds is 11. The summed E-state index contributed by atoms with van der Waals surface area (Å²) in [4.78, 5) is 31.3. The number of hydrogen-bond donors (Lipinski definition) is 1. The number of ether oxygens (including phenoxy) is 2. The number of halogens is 5. The molecule has 3 aliphatic rings. The van der Waals surface area contributed by atoms with Crippen molar-refractivity contribution >= 4 is 99.0 Å². The molecule has 3 aliphatic heterocycles. The molecule has 1 saturated heterocycles. The van der Waals surface area contributed by atoms with Crippen molar-refractivity contribution in [2.24, 2.45) is 15.7 Å². The zero-order valence-corrected chi connectivity index (χ0v) is 53.6. The maximum atomic E-state index is 15.5. The number of nitrogens with two attached hydrogens (primary N) is 1. The van der Waals surface area contributed by atoms with E-state index in [-0.39, 0.29) is 48.7 Å². The number of aliphatic imine (C=N–C) groups is 2. The number of sulfonamides is 2. The molecule has 2 aromatic carbocycles. The smallest absolute Gasteiger partial charge is 0.443 e. The van der Waals surface area contributed by atoms with Crippen LogP contribution in [-0.4, -0.2) is 129 Å². The van der Waals surface area contributed by atoms with E-state index in [1.165, 1.54) is 62.4 Å². The fraction of sp³-hybridized carbons (Fsp3) is 0.482. The van der Waals surface area contributed by atoms with Crippen molar-refractivity contribution in [1.82, 2.24) is 23.5 Å². The van der Waals surface area contributed by atoms with E-state index < -0.39 is 98.2 Å². The number of nitrogens with zero attached hydrogens (tertiary/aromatic N) is 7. The number of benzene rings is 2. The van der Waals surface area contributed by atoms with Crippen LogP contribution in [0.15, 0.2) is 87.1 Å². The Hall–Kier alpha value is -5.26. The third-order valence-corrected chi connectivity index (χ3v) is 19.6. The van der Waals surface area contributed by atoms with Crippen molar-refractivity contribution in [3.63, 3.8) is 0 Å². The van der Waals surface area contributed by atoms with Crippen molar-refractivity contribution in [2.45, 2.75) is 137 Å². The Bertz CT molecular complexity index is 3290. The number of carbonyl (C=O) groups is 1. The molecule has 1 fully saturated rings. The monoisotopic (exact) mass is 1310 g/mol. The van der Waals surface area contributed by atoms with Gasteiger partial charge >= 0.3 is 13.2 Å². The highest BCUT2D eigenvalue weighted by Gasteiger charge is 2.53. The van der Waals surface area contributed by atoms with Gasteiger partial charge in [0.1, 0.15) is 40.9 Å². The molecule has 2 aromatic heterocycles. The fourth-order valence-electron chi connectivity index (χ4n) is 8.02. The summed E-state index contributed by atoms with van der Waals surface area (Å²) in [7, 11) is -7.44. The number of carbonyl (C=O) groups excluding carboxylic acids is 1. The van der Waals surface area contributed by atoms with Gasteiger partial charge in [-0.05, 0) is 163 Å². The molecule has 2 N–H and O–H groups in total. The summed E-state index contributed by atoms with van der Waals surface area (Å²) in [6.45, 7) is 26.2. The van der Waals surface area contributed by atoms with Crippen molar-refractivity contribution in [3.8, 4) is 0 Å². The van der Waals surface area contributed by atoms with E-state index in [9.17, 15) is 34.8 Å². The van der Waals surface area contributed by atoms with Gasteiger partial charge in [0.2, 0.25) is 32.0 Å². The minimum absolute atomic E-state index is 0. The number of hydrogen-bond acceptors (Lipinski definition) is 14. The molecule has 2 atom stereocenters. The van der Waals surface area contributed by atoms with Gasteiger partial charge in [0.05, 0.1) is 34.1 Å². The number of guanidine groups is 2. The molecule has 82 heavy (non-hydrogen) atoms. The molecule has 0 spiro atoms. The maximum absolute atomic E-state index is 15.5. The first-order chi connectivity index (χ1) is 37.1. The van der Waals surface area contributed by atoms with Crippen molar-refractivity contribution in [2.75, 3.05) is 38.9 Å². The second kappa shape index (κ2) is 26.3. The van der Waals surface area contributed by atoms with Crippen LogP contribution in [0, 0.1) is 25.5 Å². The molecule has 7 rings (SSSR count). The molecule has 1 amide bonds. The normalized spacial score (nSPS) is 21.2. The topological polar surface area (TPSA) is 209 Å². The van der Waals surface area contributed by atoms with E-state index in [1.807, 2.05) is 70.2 Å². The third-order valence-electron chi connectivity index (χ3n) is 13.5. The number of amides is 1. The lowest BCUT2D eigenvalue weighted by molar-refractivity contribution is 0.00578. The van der Waals surface area contributed by atoms with Crippen molar-refractivity contribution < 1.29 is 58.0 Å². The van der Waals surface area contributed by atoms with E-state index in [0.29, 0.717) is 23.3 Å². The zero-order valence-electron chi connectivity index (χ0n) is 48.8. The van der Waals surface area contributed by atoms with Gasteiger partial charge in [-0.2, -0.15) is 0 Å². The van der Waals surface area contributed by atoms with Gasteiger partial charge in [-0.25, -0.2) is 62.7 Å². The van der Waals surface area contributed by atoms with Gasteiger partial charge in [-0.1, -0.05) is 57.4 Å². The molecule has 0 aliphatic carbocycles. The molecule has 0 saturated carbocycles. The van der Waals surface area contributed by atoms with Gasteiger partial charge in [0.15, 0.2) is 5.83 Å². The summed E-state index contributed by atoms with van der Waals surface area (Å²) in [5, 5.41) is 0. The largest absolute Gasteiger partial charge is 0.494 e. The maximum Gasteiger partial charge on any atom is 0.494 e. The first-order valence-electron chi connectivity index (χ1n) is 25.7. The minimum atomic E-state index is -4.05. The molecule has 4 aromatic rings. The second-order valence-electron chi connectivity index (χ2n) is 23.6. The Labute approximate surface area is 497 Å². The zero-order chi connectivity index (χ0) is 61.1. The van der Waals surface area contributed by atoms with Crippen molar-refractivity contribution in [1.29, 1.82) is 0 Å². The lowest BCUT2D eigenvalue weighted by Crippen LogP contribution is -2.56. The highest BCUT2D eigenvalue weighted by molar-refractivity contribution is 14.1. The van der Waals surface area contributed by atoms with Crippen LogP contribution in [0.2, 0.25) is 25.7 Å². The van der Waals surface area contributed by atoms with Crippen LogP contribution < -0.4 is 11.2 Å². The Morgan fingerprint density at radius 2 is 1.28 bits per heavy atom. The standard InChI is InChI=1S/C28H47BFN3O7SSi.C19H20F2N4O2S.C8H7FIN.CH4/c1-25(2,3)38-24(34)33(19-37-15-16-42(10,11)12)23-31-28(8,18-41(35,36)32(23)9)21-17-20(13-14-22(21)30)29-39-26(4,5)27(6,7)40-29;1-12-4-7-17(23-10-12)16(21)9-13-5-6-15(20)14(8-13)19(2)11-28(26,27)25(3)18(22)24-19;1-6-2-3-8(11-5-6)7(9)4-10;/h13-14,17H,15-16,18-19H2,1-12H3;4-10H,11H2,1-3H3,(H2,22,24);2-5H,1H3;1H4/b;16-9-;7-4-;/t28-;19-;;/m00../s1. The highest BCUT2D eigenvalue weighted by Crippen LogP contribution is 2.39. The van der Waals surface area contributed by atoms with E-state index in [2.05, 4.69) is 34.6 Å². The Balaban J connectivity index is 0.000000308. The van der Waals surface area contributed by atoms with Crippen molar-refractivity contribution in [3.05, 3.63) is 128 Å². The predicted molar refractivity (Wildman–Crippen MR) is 329 cm³/mol. The van der Waals surface area contributed by atoms with Gasteiger partial charge in [-0.3, -0.25) is 9.97 Å². The summed E-state index contributed by atoms with van der Waals surface area (Å²) < 4.78 is 136. The second-order valence-corrected chi connectivity index (χ2v) is 33.8. The van der Waals surface area contributed by atoms with Gasteiger partial charge in [0.25, 0.3) is 0 Å². The lowest BCUT2D eigenvalue weighted by atomic mass is 9.76. The average Bonchev–Trinajstić information content (AvgIpc) is 3.59. The average molecular weight is 1310 g/mol. The minimum Gasteiger partial charge on any atom is -0.443 e. The number of aromatic nitrogens is 2. The highest BCUT2D eigenvalue weighted by atomic mass is 127. The van der Waals surface area contributed by atoms with Crippen LogP contribution in [-0.2, 0) is 49.9 Å². The van der Waals surface area contributed by atoms with E-state index >= 15 is 4.39 Å². The number of pyridine rings is 2. The summed E-state index contributed by atoms with van der Waals surface area (Å²) in [6.07, 6.45) is 3.57. The van der Waals surface area contributed by atoms with Crippen LogP contribution in [0.25, 0.3) is 17.7 Å². The Morgan fingerprint density at radius 1 is 0.793 bits per heavy atom. The first-order valence-corrected chi connectivity index (χ1v) is 33.9. The summed E-state index contributed by atoms with van der Waals surface area (Å²) >= 11 is 1.85. The van der Waals surface area contributed by atoms with Gasteiger partial charge < -0.3 is 24.5 Å². The predicted octanol–water partition coefficient (Wildman–Crippen LogP) is 11.1. The van der Waals surface area contributed by atoms with E-state index in [1.54, 1.807) is 57.4 Å². The van der Waals surface area contributed by atoms with Crippen LogP contribution in [0.1, 0.15) is 109 Å². The molecule has 0 bridgehead atoms. The quantitative estimate of drug-likeness (QED) is 0.0489. The van der Waals surface area contributed by atoms with E-state index in [0.717, 1.165) is 36.7 Å². The van der Waals surface area contributed by atoms with Gasteiger partial charge in [-0.15, -0.1) is 0 Å². The Morgan fingerprint density at radius 3 is 1.76 bits per heavy atom. The molecule has 0 radical (unpaired) electrons. The molecular formula is C56H78BF4IN8O9S2Si.